The number of carbonyl (C=O) groups is 1. The van der Waals surface area contributed by atoms with Gasteiger partial charge in [0.25, 0.3) is 0 Å². The SMILES string of the molecule is CC1CCCN(CCOc2ccccc2C=NNC(N)=O)C1. The van der Waals surface area contributed by atoms with Gasteiger partial charge >= 0.3 is 6.03 Å². The van der Waals surface area contributed by atoms with Crippen LogP contribution in [0.1, 0.15) is 25.3 Å². The first-order valence-electron chi connectivity index (χ1n) is 7.68. The molecular formula is C16H24N4O2. The van der Waals surface area contributed by atoms with Gasteiger partial charge in [-0.3, -0.25) is 4.90 Å². The zero-order valence-electron chi connectivity index (χ0n) is 13.0. The highest BCUT2D eigenvalue weighted by atomic mass is 16.5. The van der Waals surface area contributed by atoms with Crippen molar-refractivity contribution in [2.45, 2.75) is 19.8 Å². The van der Waals surface area contributed by atoms with Gasteiger partial charge < -0.3 is 10.5 Å². The fraction of sp³-hybridized carbons (Fsp3) is 0.500. The molecule has 1 saturated heterocycles. The molecule has 1 unspecified atom stereocenters. The van der Waals surface area contributed by atoms with Crippen molar-refractivity contribution in [3.8, 4) is 5.75 Å². The number of primary amides is 1. The molecule has 1 aromatic carbocycles. The average molecular weight is 304 g/mol. The topological polar surface area (TPSA) is 79.9 Å². The maximum atomic E-state index is 10.6. The molecule has 1 aliphatic rings. The van der Waals surface area contributed by atoms with Gasteiger partial charge in [0.05, 0.1) is 6.21 Å². The van der Waals surface area contributed by atoms with E-state index in [-0.39, 0.29) is 0 Å². The van der Waals surface area contributed by atoms with Crippen LogP contribution in [0.3, 0.4) is 0 Å². The minimum absolute atomic E-state index is 0.640. The van der Waals surface area contributed by atoms with Crippen LogP contribution in [-0.2, 0) is 0 Å². The Balaban J connectivity index is 1.84. The highest BCUT2D eigenvalue weighted by Gasteiger charge is 2.15. The molecule has 1 heterocycles. The van der Waals surface area contributed by atoms with Gasteiger partial charge in [-0.1, -0.05) is 19.1 Å². The van der Waals surface area contributed by atoms with E-state index in [0.29, 0.717) is 6.61 Å². The first kappa shape index (κ1) is 16.3. The minimum Gasteiger partial charge on any atom is -0.492 e. The van der Waals surface area contributed by atoms with Crippen molar-refractivity contribution < 1.29 is 9.53 Å². The maximum Gasteiger partial charge on any atom is 0.332 e. The molecule has 1 aliphatic heterocycles. The van der Waals surface area contributed by atoms with Gasteiger partial charge in [-0.2, -0.15) is 5.10 Å². The second-order valence-corrected chi connectivity index (χ2v) is 5.67. The second-order valence-electron chi connectivity index (χ2n) is 5.67. The van der Waals surface area contributed by atoms with Crippen LogP contribution < -0.4 is 15.9 Å². The fourth-order valence-corrected chi connectivity index (χ4v) is 2.66. The monoisotopic (exact) mass is 304 g/mol. The summed E-state index contributed by atoms with van der Waals surface area (Å²) in [6.07, 6.45) is 4.12. The van der Waals surface area contributed by atoms with Crippen LogP contribution in [0.2, 0.25) is 0 Å². The summed E-state index contributed by atoms with van der Waals surface area (Å²) in [5.41, 5.74) is 7.96. The van der Waals surface area contributed by atoms with Crippen molar-refractivity contribution in [3.05, 3.63) is 29.8 Å². The van der Waals surface area contributed by atoms with Crippen LogP contribution in [0.4, 0.5) is 4.79 Å². The minimum atomic E-state index is -0.686. The zero-order valence-corrected chi connectivity index (χ0v) is 13.0. The Bertz CT molecular complexity index is 519. The summed E-state index contributed by atoms with van der Waals surface area (Å²) >= 11 is 0. The smallest absolute Gasteiger partial charge is 0.332 e. The van der Waals surface area contributed by atoms with E-state index in [2.05, 4.69) is 22.4 Å². The number of hydrogen-bond donors (Lipinski definition) is 2. The lowest BCUT2D eigenvalue weighted by Crippen LogP contribution is -2.37. The van der Waals surface area contributed by atoms with Crippen LogP contribution in [0.15, 0.2) is 29.4 Å². The number of hydrazone groups is 1. The molecule has 22 heavy (non-hydrogen) atoms. The molecule has 0 radical (unpaired) electrons. The van der Waals surface area contributed by atoms with Crippen molar-refractivity contribution >= 4 is 12.2 Å². The molecule has 1 aromatic rings. The number of para-hydroxylation sites is 1. The number of urea groups is 1. The normalized spacial score (nSPS) is 19.2. The predicted octanol–water partition coefficient (Wildman–Crippen LogP) is 1.80. The molecule has 2 rings (SSSR count). The molecule has 0 spiro atoms. The number of nitrogens with two attached hydrogens (primary N) is 1. The van der Waals surface area contributed by atoms with Gasteiger partial charge in [0, 0.05) is 18.7 Å². The van der Waals surface area contributed by atoms with Gasteiger partial charge in [0.15, 0.2) is 0 Å². The molecule has 1 atom stereocenters. The van der Waals surface area contributed by atoms with Gasteiger partial charge in [0.1, 0.15) is 12.4 Å². The number of ether oxygens (including phenoxy) is 1. The van der Waals surface area contributed by atoms with E-state index in [4.69, 9.17) is 10.5 Å². The van der Waals surface area contributed by atoms with Crippen molar-refractivity contribution in [3.63, 3.8) is 0 Å². The number of rotatable bonds is 6. The molecule has 0 saturated carbocycles. The van der Waals surface area contributed by atoms with E-state index in [1.165, 1.54) is 19.1 Å². The van der Waals surface area contributed by atoms with Crippen molar-refractivity contribution in [2.75, 3.05) is 26.2 Å². The van der Waals surface area contributed by atoms with Gasteiger partial charge in [0.2, 0.25) is 0 Å². The van der Waals surface area contributed by atoms with Crippen molar-refractivity contribution in [1.29, 1.82) is 0 Å². The number of nitrogens with zero attached hydrogens (tertiary/aromatic N) is 2. The van der Waals surface area contributed by atoms with E-state index in [0.717, 1.165) is 36.9 Å². The molecule has 0 bridgehead atoms. The third-order valence-electron chi connectivity index (χ3n) is 3.70. The third-order valence-corrected chi connectivity index (χ3v) is 3.70. The molecule has 0 aliphatic carbocycles. The highest BCUT2D eigenvalue weighted by Crippen LogP contribution is 2.17. The second kappa shape index (κ2) is 8.38. The summed E-state index contributed by atoms with van der Waals surface area (Å²) in [7, 11) is 0. The van der Waals surface area contributed by atoms with E-state index >= 15 is 0 Å². The third kappa shape index (κ3) is 5.37. The lowest BCUT2D eigenvalue weighted by atomic mass is 10.0. The number of hydrogen-bond acceptors (Lipinski definition) is 4. The molecule has 120 valence electrons. The lowest BCUT2D eigenvalue weighted by Gasteiger charge is -2.30. The summed E-state index contributed by atoms with van der Waals surface area (Å²) < 4.78 is 5.86. The quantitative estimate of drug-likeness (QED) is 0.621. The van der Waals surface area contributed by atoms with Crippen LogP contribution in [-0.4, -0.2) is 43.4 Å². The van der Waals surface area contributed by atoms with Crippen LogP contribution in [0.25, 0.3) is 0 Å². The Labute approximate surface area is 131 Å². The van der Waals surface area contributed by atoms with Gasteiger partial charge in [-0.25, -0.2) is 10.2 Å². The number of likely N-dealkylation sites (tertiary alicyclic amines) is 1. The summed E-state index contributed by atoms with van der Waals surface area (Å²) in [6.45, 7) is 6.16. The molecule has 6 nitrogen and oxygen atoms in total. The number of nitrogens with one attached hydrogen (secondary N) is 1. The Morgan fingerprint density at radius 1 is 1.55 bits per heavy atom. The highest BCUT2D eigenvalue weighted by molar-refractivity contribution is 5.84. The molecule has 2 amide bonds. The molecule has 1 fully saturated rings. The van der Waals surface area contributed by atoms with Crippen molar-refractivity contribution in [2.24, 2.45) is 16.8 Å². The first-order valence-corrected chi connectivity index (χ1v) is 7.68. The lowest BCUT2D eigenvalue weighted by molar-refractivity contribution is 0.153. The molecule has 3 N–H and O–H groups in total. The summed E-state index contributed by atoms with van der Waals surface area (Å²) in [4.78, 5) is 13.1. The van der Waals surface area contributed by atoms with Crippen LogP contribution >= 0.6 is 0 Å². The van der Waals surface area contributed by atoms with E-state index in [9.17, 15) is 4.79 Å². The van der Waals surface area contributed by atoms with Gasteiger partial charge in [-0.05, 0) is 37.4 Å². The largest absolute Gasteiger partial charge is 0.492 e. The van der Waals surface area contributed by atoms with E-state index < -0.39 is 6.03 Å². The molecule has 0 aromatic heterocycles. The summed E-state index contributed by atoms with van der Waals surface area (Å²) in [5.74, 6) is 1.52. The summed E-state index contributed by atoms with van der Waals surface area (Å²) in [6, 6.07) is 6.89. The van der Waals surface area contributed by atoms with Gasteiger partial charge in [-0.15, -0.1) is 0 Å². The average Bonchev–Trinajstić information content (AvgIpc) is 2.48. The Morgan fingerprint density at radius 3 is 3.14 bits per heavy atom. The van der Waals surface area contributed by atoms with Crippen LogP contribution in [0, 0.1) is 5.92 Å². The molecule has 6 heteroatoms. The summed E-state index contributed by atoms with van der Waals surface area (Å²) in [5, 5.41) is 3.77. The number of carbonyl (C=O) groups excluding carboxylic acids is 1. The zero-order chi connectivity index (χ0) is 15.8. The molecular weight excluding hydrogens is 280 g/mol. The van der Waals surface area contributed by atoms with Crippen LogP contribution in [0.5, 0.6) is 5.75 Å². The Hall–Kier alpha value is -2.08. The number of benzene rings is 1. The maximum absolute atomic E-state index is 10.6. The standard InChI is InChI=1S/C16H24N4O2/c1-13-5-4-8-20(12-13)9-10-22-15-7-3-2-6-14(15)11-18-19-16(17)21/h2-3,6-7,11,13H,4-5,8-10,12H2,1H3,(H3,17,19,21). The number of amides is 2. The Morgan fingerprint density at radius 2 is 2.36 bits per heavy atom. The van der Waals surface area contributed by atoms with E-state index in [1.807, 2.05) is 24.3 Å². The fourth-order valence-electron chi connectivity index (χ4n) is 2.66. The predicted molar refractivity (Wildman–Crippen MR) is 87.1 cm³/mol. The van der Waals surface area contributed by atoms with Crippen molar-refractivity contribution in [1.82, 2.24) is 10.3 Å². The number of piperidine rings is 1. The Kier molecular flexibility index (Phi) is 6.21. The first-order chi connectivity index (χ1) is 10.6. The van der Waals surface area contributed by atoms with E-state index in [1.54, 1.807) is 0 Å².